The number of methoxy groups -OCH3 is 1. The van der Waals surface area contributed by atoms with Crippen molar-refractivity contribution in [2.75, 3.05) is 12.8 Å². The number of fused-ring (bicyclic) bond motifs is 1. The quantitative estimate of drug-likeness (QED) is 0.772. The molecule has 2 aromatic rings. The van der Waals surface area contributed by atoms with E-state index in [1.54, 1.807) is 6.92 Å². The Hall–Kier alpha value is -1.91. The van der Waals surface area contributed by atoms with Crippen LogP contribution in [0.1, 0.15) is 5.82 Å². The average molecular weight is 207 g/mol. The summed E-state index contributed by atoms with van der Waals surface area (Å²) >= 11 is 0. The highest BCUT2D eigenvalue weighted by atomic mass is 19.1. The highest BCUT2D eigenvalue weighted by Gasteiger charge is 2.12. The molecule has 0 aliphatic carbocycles. The van der Waals surface area contributed by atoms with Crippen LogP contribution in [0.3, 0.4) is 0 Å². The number of benzene rings is 1. The third-order valence-corrected chi connectivity index (χ3v) is 2.12. The normalized spacial score (nSPS) is 10.6. The van der Waals surface area contributed by atoms with Crippen LogP contribution >= 0.6 is 0 Å². The van der Waals surface area contributed by atoms with E-state index in [-0.39, 0.29) is 11.2 Å². The van der Waals surface area contributed by atoms with Gasteiger partial charge in [0.1, 0.15) is 28.7 Å². The number of nitrogens with two attached hydrogens (primary N) is 1. The van der Waals surface area contributed by atoms with Gasteiger partial charge >= 0.3 is 0 Å². The van der Waals surface area contributed by atoms with E-state index in [0.29, 0.717) is 17.1 Å². The molecule has 15 heavy (non-hydrogen) atoms. The molecule has 4 nitrogen and oxygen atoms in total. The minimum Gasteiger partial charge on any atom is -0.494 e. The van der Waals surface area contributed by atoms with Gasteiger partial charge in [-0.15, -0.1) is 0 Å². The van der Waals surface area contributed by atoms with Crippen molar-refractivity contribution in [3.05, 3.63) is 23.8 Å². The Morgan fingerprint density at radius 2 is 2.07 bits per heavy atom. The van der Waals surface area contributed by atoms with Crippen LogP contribution in [-0.2, 0) is 0 Å². The smallest absolute Gasteiger partial charge is 0.145 e. The van der Waals surface area contributed by atoms with Crippen molar-refractivity contribution in [3.8, 4) is 5.75 Å². The zero-order chi connectivity index (χ0) is 11.0. The SMILES string of the molecule is COc1ccc(F)c2c(N)nc(C)nc12. The predicted octanol–water partition coefficient (Wildman–Crippen LogP) is 1.67. The first-order valence-electron chi connectivity index (χ1n) is 4.40. The van der Waals surface area contributed by atoms with E-state index in [9.17, 15) is 4.39 Å². The molecule has 0 amide bonds. The lowest BCUT2D eigenvalue weighted by molar-refractivity contribution is 0.418. The average Bonchev–Trinajstić information content (AvgIpc) is 2.17. The summed E-state index contributed by atoms with van der Waals surface area (Å²) in [5, 5.41) is 0.208. The summed E-state index contributed by atoms with van der Waals surface area (Å²) in [7, 11) is 1.50. The Bertz CT molecular complexity index is 528. The molecular formula is C10H10FN3O. The van der Waals surface area contributed by atoms with Crippen molar-refractivity contribution in [1.29, 1.82) is 0 Å². The van der Waals surface area contributed by atoms with Gasteiger partial charge < -0.3 is 10.5 Å². The molecule has 0 saturated heterocycles. The highest BCUT2D eigenvalue weighted by Crippen LogP contribution is 2.28. The van der Waals surface area contributed by atoms with Crippen molar-refractivity contribution in [3.63, 3.8) is 0 Å². The van der Waals surface area contributed by atoms with Crippen LogP contribution in [0.2, 0.25) is 0 Å². The zero-order valence-electron chi connectivity index (χ0n) is 8.41. The molecule has 0 bridgehead atoms. The van der Waals surface area contributed by atoms with Crippen molar-refractivity contribution in [1.82, 2.24) is 9.97 Å². The molecule has 0 aliphatic heterocycles. The largest absolute Gasteiger partial charge is 0.494 e. The summed E-state index contributed by atoms with van der Waals surface area (Å²) in [4.78, 5) is 8.02. The molecule has 0 aliphatic rings. The first kappa shape index (κ1) is 9.64. The molecule has 2 N–H and O–H groups in total. The van der Waals surface area contributed by atoms with E-state index in [1.807, 2.05) is 0 Å². The standard InChI is InChI=1S/C10H10FN3O/c1-5-13-9-7(15-2)4-3-6(11)8(9)10(12)14-5/h3-4H,1-2H3,(H2,12,13,14). The molecular weight excluding hydrogens is 197 g/mol. The number of ether oxygens (including phenoxy) is 1. The van der Waals surface area contributed by atoms with E-state index >= 15 is 0 Å². The lowest BCUT2D eigenvalue weighted by Gasteiger charge is -2.07. The van der Waals surface area contributed by atoms with Gasteiger partial charge in [-0.3, -0.25) is 0 Å². The number of hydrogen-bond acceptors (Lipinski definition) is 4. The molecule has 0 unspecified atom stereocenters. The van der Waals surface area contributed by atoms with Crippen LogP contribution in [0.15, 0.2) is 12.1 Å². The Kier molecular flexibility index (Phi) is 2.15. The Balaban J connectivity index is 2.93. The maximum absolute atomic E-state index is 13.5. The number of aryl methyl sites for hydroxylation is 1. The van der Waals surface area contributed by atoms with Gasteiger partial charge in [-0.25, -0.2) is 14.4 Å². The van der Waals surface area contributed by atoms with Gasteiger partial charge in [-0.1, -0.05) is 0 Å². The van der Waals surface area contributed by atoms with Gasteiger partial charge in [0.25, 0.3) is 0 Å². The summed E-state index contributed by atoms with van der Waals surface area (Å²) < 4.78 is 18.6. The summed E-state index contributed by atoms with van der Waals surface area (Å²) in [6, 6.07) is 2.81. The fraction of sp³-hybridized carbons (Fsp3) is 0.200. The van der Waals surface area contributed by atoms with Crippen LogP contribution in [0, 0.1) is 12.7 Å². The molecule has 0 spiro atoms. The highest BCUT2D eigenvalue weighted by molar-refractivity contribution is 5.92. The second kappa shape index (κ2) is 3.34. The minimum absolute atomic E-state index is 0.133. The van der Waals surface area contributed by atoms with Gasteiger partial charge in [-0.2, -0.15) is 0 Å². The molecule has 1 aromatic carbocycles. The molecule has 0 atom stereocenters. The second-order valence-corrected chi connectivity index (χ2v) is 3.13. The molecule has 1 heterocycles. The number of halogens is 1. The molecule has 1 aromatic heterocycles. The number of anilines is 1. The van der Waals surface area contributed by atoms with Gasteiger partial charge in [-0.05, 0) is 19.1 Å². The first-order valence-corrected chi connectivity index (χ1v) is 4.40. The number of aromatic nitrogens is 2. The van der Waals surface area contributed by atoms with Crippen molar-refractivity contribution >= 4 is 16.7 Å². The fourth-order valence-electron chi connectivity index (χ4n) is 1.48. The van der Waals surface area contributed by atoms with Crippen molar-refractivity contribution < 1.29 is 9.13 Å². The molecule has 0 radical (unpaired) electrons. The summed E-state index contributed by atoms with van der Waals surface area (Å²) in [5.74, 6) is 0.671. The lowest BCUT2D eigenvalue weighted by Crippen LogP contribution is -2.00. The van der Waals surface area contributed by atoms with Crippen LogP contribution in [0.4, 0.5) is 10.2 Å². The Morgan fingerprint density at radius 1 is 1.33 bits per heavy atom. The number of rotatable bonds is 1. The van der Waals surface area contributed by atoms with Gasteiger partial charge in [0.15, 0.2) is 0 Å². The third kappa shape index (κ3) is 1.45. The van der Waals surface area contributed by atoms with Crippen LogP contribution in [0.25, 0.3) is 10.9 Å². The molecule has 0 fully saturated rings. The summed E-state index contributed by atoms with van der Waals surface area (Å²) in [6.45, 7) is 1.69. The summed E-state index contributed by atoms with van der Waals surface area (Å²) in [5.41, 5.74) is 6.04. The molecule has 78 valence electrons. The monoisotopic (exact) mass is 207 g/mol. The topological polar surface area (TPSA) is 61.0 Å². The Morgan fingerprint density at radius 3 is 2.73 bits per heavy atom. The Labute approximate surface area is 85.9 Å². The zero-order valence-corrected chi connectivity index (χ0v) is 8.41. The number of nitrogen functional groups attached to an aromatic ring is 1. The maximum atomic E-state index is 13.5. The fourth-order valence-corrected chi connectivity index (χ4v) is 1.48. The third-order valence-electron chi connectivity index (χ3n) is 2.12. The number of hydrogen-bond donors (Lipinski definition) is 1. The lowest BCUT2D eigenvalue weighted by atomic mass is 10.2. The van der Waals surface area contributed by atoms with Gasteiger partial charge in [0.2, 0.25) is 0 Å². The summed E-state index contributed by atoms with van der Waals surface area (Å²) in [6.07, 6.45) is 0. The van der Waals surface area contributed by atoms with E-state index in [2.05, 4.69) is 9.97 Å². The van der Waals surface area contributed by atoms with E-state index < -0.39 is 5.82 Å². The van der Waals surface area contributed by atoms with Gasteiger partial charge in [0, 0.05) is 0 Å². The number of nitrogens with zero attached hydrogens (tertiary/aromatic N) is 2. The second-order valence-electron chi connectivity index (χ2n) is 3.13. The van der Waals surface area contributed by atoms with Crippen molar-refractivity contribution in [2.24, 2.45) is 0 Å². The van der Waals surface area contributed by atoms with E-state index in [0.717, 1.165) is 0 Å². The maximum Gasteiger partial charge on any atom is 0.145 e. The van der Waals surface area contributed by atoms with Crippen LogP contribution in [-0.4, -0.2) is 17.1 Å². The predicted molar refractivity (Wildman–Crippen MR) is 55.2 cm³/mol. The van der Waals surface area contributed by atoms with Gasteiger partial charge in [0.05, 0.1) is 12.5 Å². The van der Waals surface area contributed by atoms with E-state index in [4.69, 9.17) is 10.5 Å². The van der Waals surface area contributed by atoms with Crippen molar-refractivity contribution in [2.45, 2.75) is 6.92 Å². The van der Waals surface area contributed by atoms with E-state index in [1.165, 1.54) is 19.2 Å². The molecule has 5 heteroatoms. The van der Waals surface area contributed by atoms with Crippen LogP contribution in [0.5, 0.6) is 5.75 Å². The van der Waals surface area contributed by atoms with Crippen LogP contribution < -0.4 is 10.5 Å². The molecule has 0 saturated carbocycles. The molecule has 2 rings (SSSR count). The first-order chi connectivity index (χ1) is 7.13. The minimum atomic E-state index is -0.441.